The Kier molecular flexibility index (Phi) is 1.95. The number of ether oxygens (including phenoxy) is 2. The van der Waals surface area contributed by atoms with Gasteiger partial charge >= 0.3 is 11.8 Å². The molecule has 0 aromatic heterocycles. The molecule has 0 radical (unpaired) electrons. The number of carbonyl (C=O) groups is 2. The number of para-hydroxylation sites is 1. The zero-order valence-corrected chi connectivity index (χ0v) is 10.7. The van der Waals surface area contributed by atoms with Gasteiger partial charge in [-0.2, -0.15) is 0 Å². The Morgan fingerprint density at radius 3 is 2.45 bits per heavy atom. The normalized spacial score (nSPS) is 22.4. The fraction of sp³-hybridized carbons (Fsp3) is 0.125. The first-order chi connectivity index (χ1) is 9.63. The first kappa shape index (κ1) is 11.2. The van der Waals surface area contributed by atoms with Crippen LogP contribution in [0, 0.1) is 6.92 Å². The van der Waals surface area contributed by atoms with Crippen molar-refractivity contribution in [1.29, 1.82) is 0 Å². The highest BCUT2D eigenvalue weighted by Gasteiger charge is 2.59. The molecule has 0 N–H and O–H groups in total. The highest BCUT2D eigenvalue weighted by Crippen LogP contribution is 2.48. The van der Waals surface area contributed by atoms with Crippen LogP contribution >= 0.6 is 0 Å². The van der Waals surface area contributed by atoms with Crippen molar-refractivity contribution in [1.82, 2.24) is 0 Å². The minimum Gasteiger partial charge on any atom is -0.441 e. The molecule has 1 unspecified atom stereocenters. The van der Waals surface area contributed by atoms with E-state index in [4.69, 9.17) is 9.47 Å². The Hall–Kier alpha value is -2.62. The standard InChI is InChI=1S/C16H10O4/c1-9-5-4-7-11-13(9)19-16(14(11)17)12-8-3-2-6-10(12)15(18)20-16/h2-8H,1H3. The first-order valence-corrected chi connectivity index (χ1v) is 6.30. The third-order valence-electron chi connectivity index (χ3n) is 3.74. The number of ketones is 1. The van der Waals surface area contributed by atoms with Crippen LogP contribution in [0.4, 0.5) is 0 Å². The van der Waals surface area contributed by atoms with E-state index in [0.717, 1.165) is 5.56 Å². The van der Waals surface area contributed by atoms with Gasteiger partial charge in [0, 0.05) is 0 Å². The molecule has 1 spiro atoms. The lowest BCUT2D eigenvalue weighted by Crippen LogP contribution is -2.37. The summed E-state index contributed by atoms with van der Waals surface area (Å²) in [6, 6.07) is 12.2. The van der Waals surface area contributed by atoms with Gasteiger partial charge in [-0.25, -0.2) is 4.79 Å². The monoisotopic (exact) mass is 266 g/mol. The van der Waals surface area contributed by atoms with E-state index in [-0.39, 0.29) is 5.78 Å². The van der Waals surface area contributed by atoms with Gasteiger partial charge in [-0.3, -0.25) is 4.79 Å². The predicted molar refractivity (Wildman–Crippen MR) is 69.7 cm³/mol. The number of esters is 1. The van der Waals surface area contributed by atoms with Gasteiger partial charge in [0.05, 0.1) is 16.7 Å². The molecule has 0 amide bonds. The SMILES string of the molecule is Cc1cccc2c1OC1(OC(=O)c3ccccc31)C2=O. The second-order valence-corrected chi connectivity index (χ2v) is 4.93. The van der Waals surface area contributed by atoms with Crippen LogP contribution in [0.15, 0.2) is 42.5 Å². The Balaban J connectivity index is 1.97. The molecule has 0 aliphatic carbocycles. The lowest BCUT2D eigenvalue weighted by atomic mass is 9.96. The van der Waals surface area contributed by atoms with Crippen LogP contribution in [0.1, 0.15) is 31.8 Å². The van der Waals surface area contributed by atoms with Crippen molar-refractivity contribution >= 4 is 11.8 Å². The molecule has 4 rings (SSSR count). The summed E-state index contributed by atoms with van der Waals surface area (Å²) < 4.78 is 11.1. The molecule has 4 nitrogen and oxygen atoms in total. The average Bonchev–Trinajstić information content (AvgIpc) is 2.90. The average molecular weight is 266 g/mol. The lowest BCUT2D eigenvalue weighted by molar-refractivity contribution is -0.0981. The molecule has 2 aliphatic heterocycles. The van der Waals surface area contributed by atoms with Gasteiger partial charge in [-0.15, -0.1) is 0 Å². The van der Waals surface area contributed by atoms with Crippen molar-refractivity contribution in [2.24, 2.45) is 0 Å². The van der Waals surface area contributed by atoms with E-state index in [0.29, 0.717) is 22.4 Å². The topological polar surface area (TPSA) is 52.6 Å². The number of benzene rings is 2. The third-order valence-corrected chi connectivity index (χ3v) is 3.74. The maximum Gasteiger partial charge on any atom is 0.347 e. The van der Waals surface area contributed by atoms with Gasteiger partial charge in [0.15, 0.2) is 0 Å². The summed E-state index contributed by atoms with van der Waals surface area (Å²) >= 11 is 0. The molecule has 4 heteroatoms. The number of carbonyl (C=O) groups excluding carboxylic acids is 2. The maximum atomic E-state index is 12.7. The number of hydrogen-bond donors (Lipinski definition) is 0. The number of aryl methyl sites for hydroxylation is 1. The summed E-state index contributed by atoms with van der Waals surface area (Å²) in [5.41, 5.74) is 2.15. The Labute approximate surface area is 114 Å². The Morgan fingerprint density at radius 1 is 0.900 bits per heavy atom. The second kappa shape index (κ2) is 3.48. The molecule has 0 saturated heterocycles. The van der Waals surface area contributed by atoms with Gasteiger partial charge in [0.2, 0.25) is 0 Å². The van der Waals surface area contributed by atoms with Crippen molar-refractivity contribution < 1.29 is 19.1 Å². The third kappa shape index (κ3) is 1.16. The molecule has 2 aromatic rings. The highest BCUT2D eigenvalue weighted by molar-refractivity contribution is 6.12. The van der Waals surface area contributed by atoms with Crippen LogP contribution < -0.4 is 4.74 Å². The molecule has 2 aliphatic rings. The van der Waals surface area contributed by atoms with Crippen LogP contribution in [0.5, 0.6) is 5.75 Å². The van der Waals surface area contributed by atoms with E-state index in [2.05, 4.69) is 0 Å². The number of hydrogen-bond acceptors (Lipinski definition) is 4. The van der Waals surface area contributed by atoms with Crippen molar-refractivity contribution in [2.75, 3.05) is 0 Å². The molecular weight excluding hydrogens is 256 g/mol. The molecular formula is C16H10O4. The quantitative estimate of drug-likeness (QED) is 0.688. The molecule has 98 valence electrons. The van der Waals surface area contributed by atoms with Gasteiger partial charge in [-0.05, 0) is 30.7 Å². The summed E-state index contributed by atoms with van der Waals surface area (Å²) in [7, 11) is 0. The predicted octanol–water partition coefficient (Wildman–Crippen LogP) is 2.59. The molecule has 1 atom stereocenters. The summed E-state index contributed by atoms with van der Waals surface area (Å²) in [5, 5.41) is 0. The van der Waals surface area contributed by atoms with Crippen molar-refractivity contribution in [3.8, 4) is 5.75 Å². The molecule has 2 aromatic carbocycles. The molecule has 0 saturated carbocycles. The fourth-order valence-corrected chi connectivity index (χ4v) is 2.77. The van der Waals surface area contributed by atoms with Crippen LogP contribution in [0.3, 0.4) is 0 Å². The van der Waals surface area contributed by atoms with Crippen molar-refractivity contribution in [3.05, 3.63) is 64.7 Å². The maximum absolute atomic E-state index is 12.7. The number of fused-ring (bicyclic) bond motifs is 3. The number of rotatable bonds is 0. The van der Waals surface area contributed by atoms with E-state index in [9.17, 15) is 9.59 Å². The van der Waals surface area contributed by atoms with Crippen LogP contribution in [0.25, 0.3) is 0 Å². The number of Topliss-reactive ketones (excluding diaryl/α,β-unsaturated/α-hetero) is 1. The lowest BCUT2D eigenvalue weighted by Gasteiger charge is -2.21. The minimum atomic E-state index is -1.64. The van der Waals surface area contributed by atoms with Gasteiger partial charge in [-0.1, -0.05) is 24.3 Å². The van der Waals surface area contributed by atoms with Crippen molar-refractivity contribution in [2.45, 2.75) is 12.7 Å². The summed E-state index contributed by atoms with van der Waals surface area (Å²) in [6.45, 7) is 1.85. The van der Waals surface area contributed by atoms with Crippen molar-refractivity contribution in [3.63, 3.8) is 0 Å². The van der Waals surface area contributed by atoms with E-state index < -0.39 is 11.8 Å². The summed E-state index contributed by atoms with van der Waals surface area (Å²) in [4.78, 5) is 24.6. The Morgan fingerprint density at radius 2 is 1.65 bits per heavy atom. The fourth-order valence-electron chi connectivity index (χ4n) is 2.77. The Bertz CT molecular complexity index is 778. The smallest absolute Gasteiger partial charge is 0.347 e. The van der Waals surface area contributed by atoms with Crippen LogP contribution in [-0.4, -0.2) is 11.8 Å². The first-order valence-electron chi connectivity index (χ1n) is 6.30. The van der Waals surface area contributed by atoms with Gasteiger partial charge < -0.3 is 9.47 Å². The summed E-state index contributed by atoms with van der Waals surface area (Å²) in [5.74, 6) is -2.00. The zero-order chi connectivity index (χ0) is 13.9. The molecule has 2 heterocycles. The zero-order valence-electron chi connectivity index (χ0n) is 10.7. The molecule has 0 fully saturated rings. The van der Waals surface area contributed by atoms with E-state index in [1.54, 1.807) is 36.4 Å². The minimum absolute atomic E-state index is 0.325. The van der Waals surface area contributed by atoms with Crippen LogP contribution in [-0.2, 0) is 10.5 Å². The van der Waals surface area contributed by atoms with E-state index >= 15 is 0 Å². The van der Waals surface area contributed by atoms with Gasteiger partial charge in [0.1, 0.15) is 5.75 Å². The van der Waals surface area contributed by atoms with Crippen LogP contribution in [0.2, 0.25) is 0 Å². The molecule has 0 bridgehead atoms. The molecule has 20 heavy (non-hydrogen) atoms. The van der Waals surface area contributed by atoms with E-state index in [1.165, 1.54) is 0 Å². The second-order valence-electron chi connectivity index (χ2n) is 4.93. The highest BCUT2D eigenvalue weighted by atomic mass is 16.7. The van der Waals surface area contributed by atoms with Gasteiger partial charge in [0.25, 0.3) is 5.78 Å². The van der Waals surface area contributed by atoms with E-state index in [1.807, 2.05) is 13.0 Å². The summed E-state index contributed by atoms with van der Waals surface area (Å²) in [6.07, 6.45) is 0. The largest absolute Gasteiger partial charge is 0.441 e.